The molecule has 2 saturated carbocycles. The molecular weight excluding hydrogens is 359 g/mol. The highest BCUT2D eigenvalue weighted by Gasteiger charge is 2.46. The van der Waals surface area contributed by atoms with Gasteiger partial charge >= 0.3 is 0 Å². The van der Waals surface area contributed by atoms with E-state index in [9.17, 15) is 14.0 Å². The third-order valence-electron chi connectivity index (χ3n) is 7.51. The van der Waals surface area contributed by atoms with Crippen LogP contribution in [0.3, 0.4) is 0 Å². The summed E-state index contributed by atoms with van der Waals surface area (Å²) in [6, 6.07) is 0.497. The highest BCUT2D eigenvalue weighted by atomic mass is 19.1. The van der Waals surface area contributed by atoms with Gasteiger partial charge in [-0.25, -0.2) is 4.39 Å². The highest BCUT2D eigenvalue weighted by molar-refractivity contribution is 5.82. The summed E-state index contributed by atoms with van der Waals surface area (Å²) in [5, 5.41) is 9.64. The third-order valence-corrected chi connectivity index (χ3v) is 7.51. The summed E-state index contributed by atoms with van der Waals surface area (Å²) >= 11 is 0. The Morgan fingerprint density at radius 1 is 1.18 bits per heavy atom. The Balaban J connectivity index is 1.30. The lowest BCUT2D eigenvalue weighted by Crippen LogP contribution is -2.51. The summed E-state index contributed by atoms with van der Waals surface area (Å²) in [5.74, 6) is 0.610. The zero-order chi connectivity index (χ0) is 19.7. The van der Waals surface area contributed by atoms with Gasteiger partial charge in [-0.15, -0.1) is 0 Å². The average Bonchev–Trinajstić information content (AvgIpc) is 3.04. The van der Waals surface area contributed by atoms with Crippen LogP contribution in [0.2, 0.25) is 0 Å². The fourth-order valence-corrected chi connectivity index (χ4v) is 5.88. The summed E-state index contributed by atoms with van der Waals surface area (Å²) in [5.41, 5.74) is 0. The van der Waals surface area contributed by atoms with Gasteiger partial charge in [0, 0.05) is 50.1 Å². The number of fused-ring (bicyclic) bond motifs is 1. The number of amides is 2. The molecule has 6 nitrogen and oxygen atoms in total. The Labute approximate surface area is 167 Å². The fourth-order valence-electron chi connectivity index (χ4n) is 5.88. The predicted octanol–water partition coefficient (Wildman–Crippen LogP) is 1.35. The van der Waals surface area contributed by atoms with Crippen molar-refractivity contribution >= 4 is 11.8 Å². The molecule has 2 aliphatic heterocycles. The average molecular weight is 395 g/mol. The van der Waals surface area contributed by atoms with E-state index < -0.39 is 6.17 Å². The Hall–Kier alpha value is -1.21. The second-order valence-electron chi connectivity index (χ2n) is 9.38. The van der Waals surface area contributed by atoms with Crippen molar-refractivity contribution in [3.05, 3.63) is 0 Å². The van der Waals surface area contributed by atoms with Gasteiger partial charge in [-0.1, -0.05) is 6.92 Å². The second-order valence-corrected chi connectivity index (χ2v) is 9.38. The largest absolute Gasteiger partial charge is 0.355 e. The molecule has 4 fully saturated rings. The number of hydrogen-bond donors (Lipinski definition) is 3. The lowest BCUT2D eigenvalue weighted by molar-refractivity contribution is -0.124. The van der Waals surface area contributed by atoms with E-state index in [1.807, 2.05) is 0 Å². The van der Waals surface area contributed by atoms with Gasteiger partial charge in [-0.05, 0) is 50.9 Å². The highest BCUT2D eigenvalue weighted by Crippen LogP contribution is 2.38. The molecule has 0 radical (unpaired) electrons. The second kappa shape index (κ2) is 8.66. The quantitative estimate of drug-likeness (QED) is 0.676. The summed E-state index contributed by atoms with van der Waals surface area (Å²) in [6.45, 7) is 4.58. The molecule has 0 aromatic carbocycles. The fraction of sp³-hybridized carbons (Fsp3) is 0.905. The van der Waals surface area contributed by atoms with Crippen LogP contribution >= 0.6 is 0 Å². The molecule has 0 bridgehead atoms. The number of halogens is 1. The van der Waals surface area contributed by atoms with Crippen molar-refractivity contribution in [2.45, 2.75) is 88.6 Å². The Bertz CT molecular complexity index is 571. The first-order valence-corrected chi connectivity index (χ1v) is 11.2. The Morgan fingerprint density at radius 3 is 2.86 bits per heavy atom. The van der Waals surface area contributed by atoms with Crippen LogP contribution in [0.15, 0.2) is 0 Å². The monoisotopic (exact) mass is 394 g/mol. The van der Waals surface area contributed by atoms with Gasteiger partial charge in [-0.2, -0.15) is 0 Å². The topological polar surface area (TPSA) is 73.5 Å². The molecule has 28 heavy (non-hydrogen) atoms. The molecular formula is C21H35FN4O2. The number of alkyl halides is 1. The molecule has 2 aliphatic carbocycles. The smallest absolute Gasteiger partial charge is 0.237 e. The SMILES string of the molecule is CC1CCC(F)C2CC(C(=O)N[C@@H]3CCC[C@H](N4CCNC(=O)CC4)C3)NC12. The van der Waals surface area contributed by atoms with Crippen molar-refractivity contribution in [3.63, 3.8) is 0 Å². The van der Waals surface area contributed by atoms with Crippen molar-refractivity contribution in [1.82, 2.24) is 20.9 Å². The van der Waals surface area contributed by atoms with Crippen LogP contribution in [0.4, 0.5) is 4.39 Å². The molecule has 7 atom stereocenters. The molecule has 0 spiro atoms. The first-order chi connectivity index (χ1) is 13.5. The van der Waals surface area contributed by atoms with E-state index in [0.717, 1.165) is 45.2 Å². The van der Waals surface area contributed by atoms with Crippen LogP contribution < -0.4 is 16.0 Å². The van der Waals surface area contributed by atoms with Crippen LogP contribution in [0.5, 0.6) is 0 Å². The normalized spacial score (nSPS) is 42.4. The van der Waals surface area contributed by atoms with E-state index in [0.29, 0.717) is 37.8 Å². The number of nitrogens with zero attached hydrogens (tertiary/aromatic N) is 1. The van der Waals surface area contributed by atoms with Crippen LogP contribution in [0.1, 0.15) is 58.3 Å². The lowest BCUT2D eigenvalue weighted by Gasteiger charge is -2.37. The summed E-state index contributed by atoms with van der Waals surface area (Å²) < 4.78 is 14.3. The molecule has 4 rings (SSSR count). The minimum Gasteiger partial charge on any atom is -0.355 e. The molecule has 0 aromatic rings. The van der Waals surface area contributed by atoms with Crippen molar-refractivity contribution in [3.8, 4) is 0 Å². The first kappa shape index (κ1) is 20.1. The maximum Gasteiger partial charge on any atom is 0.237 e. The van der Waals surface area contributed by atoms with Crippen LogP contribution in [0.25, 0.3) is 0 Å². The first-order valence-electron chi connectivity index (χ1n) is 11.2. The van der Waals surface area contributed by atoms with Gasteiger partial charge in [-0.3, -0.25) is 14.5 Å². The molecule has 2 heterocycles. The summed E-state index contributed by atoms with van der Waals surface area (Å²) in [6.07, 6.45) is 6.13. The number of rotatable bonds is 3. The van der Waals surface area contributed by atoms with Crippen LogP contribution in [-0.2, 0) is 9.59 Å². The molecule has 158 valence electrons. The minimum absolute atomic E-state index is 0.0132. The standard InChI is InChI=1S/C21H35FN4O2/c1-13-5-6-17(22)16-12-18(25-20(13)16)21(28)24-14-3-2-4-15(11-14)26-9-7-19(27)23-8-10-26/h13-18,20,25H,2-12H2,1H3,(H,23,27)(H,24,28)/t13?,14-,15+,16?,17?,18?,20?/m1/s1. The van der Waals surface area contributed by atoms with Crippen molar-refractivity contribution in [2.24, 2.45) is 11.8 Å². The van der Waals surface area contributed by atoms with Crippen molar-refractivity contribution < 1.29 is 14.0 Å². The van der Waals surface area contributed by atoms with Crippen molar-refractivity contribution in [1.29, 1.82) is 0 Å². The summed E-state index contributed by atoms with van der Waals surface area (Å²) in [4.78, 5) is 26.9. The van der Waals surface area contributed by atoms with E-state index in [1.54, 1.807) is 0 Å². The number of nitrogens with one attached hydrogen (secondary N) is 3. The van der Waals surface area contributed by atoms with Gasteiger partial charge in [0.2, 0.25) is 11.8 Å². The number of hydrogen-bond acceptors (Lipinski definition) is 4. The van der Waals surface area contributed by atoms with E-state index in [4.69, 9.17) is 0 Å². The molecule has 2 saturated heterocycles. The van der Waals surface area contributed by atoms with Gasteiger partial charge in [0.15, 0.2) is 0 Å². The van der Waals surface area contributed by atoms with Crippen LogP contribution in [-0.4, -0.2) is 66.7 Å². The minimum atomic E-state index is -0.773. The molecule has 4 aliphatic rings. The maximum atomic E-state index is 14.3. The Morgan fingerprint density at radius 2 is 2.04 bits per heavy atom. The maximum absolute atomic E-state index is 14.3. The summed E-state index contributed by atoms with van der Waals surface area (Å²) in [7, 11) is 0. The molecule has 7 heteroatoms. The number of carbonyl (C=O) groups is 2. The molecule has 0 aromatic heterocycles. The third kappa shape index (κ3) is 4.35. The number of carbonyl (C=O) groups excluding carboxylic acids is 2. The van der Waals surface area contributed by atoms with Gasteiger partial charge < -0.3 is 16.0 Å². The van der Waals surface area contributed by atoms with Crippen molar-refractivity contribution in [2.75, 3.05) is 19.6 Å². The lowest BCUT2D eigenvalue weighted by atomic mass is 9.77. The molecule has 2 amide bonds. The molecule has 5 unspecified atom stereocenters. The van der Waals surface area contributed by atoms with Gasteiger partial charge in [0.1, 0.15) is 6.17 Å². The van der Waals surface area contributed by atoms with E-state index >= 15 is 0 Å². The van der Waals surface area contributed by atoms with E-state index in [1.165, 1.54) is 0 Å². The van der Waals surface area contributed by atoms with Gasteiger partial charge in [0.05, 0.1) is 6.04 Å². The van der Waals surface area contributed by atoms with E-state index in [-0.39, 0.29) is 35.9 Å². The van der Waals surface area contributed by atoms with Crippen LogP contribution in [0, 0.1) is 11.8 Å². The zero-order valence-corrected chi connectivity index (χ0v) is 17.0. The predicted molar refractivity (Wildman–Crippen MR) is 105 cm³/mol. The molecule has 3 N–H and O–H groups in total. The Kier molecular flexibility index (Phi) is 6.21. The van der Waals surface area contributed by atoms with Gasteiger partial charge in [0.25, 0.3) is 0 Å². The zero-order valence-electron chi connectivity index (χ0n) is 17.0. The van der Waals surface area contributed by atoms with E-state index in [2.05, 4.69) is 27.8 Å².